The fourth-order valence-corrected chi connectivity index (χ4v) is 4.41. The molecule has 2 heterocycles. The average Bonchev–Trinajstić information content (AvgIpc) is 3.30. The van der Waals surface area contributed by atoms with Crippen molar-refractivity contribution in [3.63, 3.8) is 0 Å². The molecule has 0 saturated carbocycles. The summed E-state index contributed by atoms with van der Waals surface area (Å²) < 4.78 is 24.4. The Morgan fingerprint density at radius 3 is 2.36 bits per heavy atom. The number of amides is 1. The van der Waals surface area contributed by atoms with Crippen molar-refractivity contribution in [1.29, 1.82) is 0 Å². The van der Waals surface area contributed by atoms with Crippen molar-refractivity contribution in [3.05, 3.63) is 59.4 Å². The van der Waals surface area contributed by atoms with Crippen LogP contribution in [-0.2, 0) is 4.79 Å². The monoisotopic (exact) mass is 454 g/mol. The summed E-state index contributed by atoms with van der Waals surface area (Å²) in [6, 6.07) is 11.6. The largest absolute Gasteiger partial charge is 0.497 e. The molecule has 7 nitrogen and oxygen atoms in total. The van der Waals surface area contributed by atoms with Crippen LogP contribution in [0.15, 0.2) is 47.6 Å². The van der Waals surface area contributed by atoms with Crippen molar-refractivity contribution in [2.24, 2.45) is 5.10 Å². The number of ether oxygens (including phenoxy) is 2. The maximum absolute atomic E-state index is 13.6. The maximum atomic E-state index is 13.6. The summed E-state index contributed by atoms with van der Waals surface area (Å²) in [6.07, 6.45) is 0.518. The van der Waals surface area contributed by atoms with Gasteiger partial charge in [0.1, 0.15) is 17.3 Å². The number of rotatable bonds is 7. The zero-order chi connectivity index (χ0) is 23.4. The summed E-state index contributed by atoms with van der Waals surface area (Å²) in [5.41, 5.74) is 2.43. The smallest absolute Gasteiger partial charge is 0.257 e. The number of likely N-dealkylation sites (N-methyl/N-ethyl adjacent to an activating group) is 1. The lowest BCUT2D eigenvalue weighted by Gasteiger charge is -2.34. The van der Waals surface area contributed by atoms with Crippen LogP contribution in [0.1, 0.15) is 30.5 Å². The first-order valence-electron chi connectivity index (χ1n) is 11.3. The van der Waals surface area contributed by atoms with Crippen molar-refractivity contribution in [2.45, 2.75) is 19.4 Å². The van der Waals surface area contributed by atoms with Crippen molar-refractivity contribution in [1.82, 2.24) is 14.8 Å². The number of nitrogens with zero attached hydrogens (tertiary/aromatic N) is 4. The summed E-state index contributed by atoms with van der Waals surface area (Å²) in [5, 5.41) is 6.32. The van der Waals surface area contributed by atoms with Crippen molar-refractivity contribution < 1.29 is 18.7 Å². The molecule has 0 spiro atoms. The minimum atomic E-state index is -0.304. The number of halogens is 1. The highest BCUT2D eigenvalue weighted by Crippen LogP contribution is 2.36. The molecule has 0 N–H and O–H groups in total. The van der Waals surface area contributed by atoms with Crippen molar-refractivity contribution >= 4 is 11.6 Å². The van der Waals surface area contributed by atoms with E-state index in [2.05, 4.69) is 16.7 Å². The van der Waals surface area contributed by atoms with Gasteiger partial charge >= 0.3 is 0 Å². The Hall–Kier alpha value is -2.97. The lowest BCUT2D eigenvalue weighted by Crippen LogP contribution is -2.49. The van der Waals surface area contributed by atoms with Gasteiger partial charge in [0.25, 0.3) is 5.91 Å². The maximum Gasteiger partial charge on any atom is 0.257 e. The first-order valence-corrected chi connectivity index (χ1v) is 11.3. The number of hydrogen-bond donors (Lipinski definition) is 0. The molecule has 0 aromatic heterocycles. The zero-order valence-electron chi connectivity index (χ0n) is 19.5. The van der Waals surface area contributed by atoms with Crippen LogP contribution in [-0.4, -0.2) is 79.9 Å². The predicted octanol–water partition coefficient (Wildman–Crippen LogP) is 3.16. The lowest BCUT2D eigenvalue weighted by molar-refractivity contribution is -0.134. The molecular weight excluding hydrogens is 423 g/mol. The van der Waals surface area contributed by atoms with E-state index in [0.29, 0.717) is 24.5 Å². The lowest BCUT2D eigenvalue weighted by atomic mass is 9.97. The summed E-state index contributed by atoms with van der Waals surface area (Å²) in [4.78, 5) is 17.9. The Bertz CT molecular complexity index is 1000. The minimum Gasteiger partial charge on any atom is -0.497 e. The van der Waals surface area contributed by atoms with Crippen LogP contribution in [0.3, 0.4) is 0 Å². The molecule has 0 unspecified atom stereocenters. The second kappa shape index (κ2) is 10.3. The summed E-state index contributed by atoms with van der Waals surface area (Å²) >= 11 is 0. The quantitative estimate of drug-likeness (QED) is 0.643. The first-order chi connectivity index (χ1) is 16.0. The minimum absolute atomic E-state index is 0.0586. The number of carbonyl (C=O) groups excluding carboxylic acids is 1. The molecule has 4 rings (SSSR count). The van der Waals surface area contributed by atoms with Crippen molar-refractivity contribution in [3.8, 4) is 11.5 Å². The molecule has 0 aliphatic carbocycles. The first kappa shape index (κ1) is 23.2. The molecule has 0 radical (unpaired) electrons. The van der Waals surface area contributed by atoms with Crippen LogP contribution in [0.5, 0.6) is 11.5 Å². The topological polar surface area (TPSA) is 57.6 Å². The molecule has 1 atom stereocenters. The van der Waals surface area contributed by atoms with E-state index >= 15 is 0 Å². The molecule has 1 saturated heterocycles. The van der Waals surface area contributed by atoms with Crippen LogP contribution in [0.4, 0.5) is 4.39 Å². The Morgan fingerprint density at radius 2 is 1.73 bits per heavy atom. The van der Waals surface area contributed by atoms with Gasteiger partial charge < -0.3 is 14.4 Å². The van der Waals surface area contributed by atoms with Gasteiger partial charge in [-0.1, -0.05) is 19.1 Å². The Labute approximate surface area is 194 Å². The molecule has 2 aromatic rings. The fourth-order valence-electron chi connectivity index (χ4n) is 4.41. The third-order valence-corrected chi connectivity index (χ3v) is 6.41. The normalized spacial score (nSPS) is 19.5. The van der Waals surface area contributed by atoms with Gasteiger partial charge in [0.2, 0.25) is 0 Å². The number of benzene rings is 2. The molecule has 1 fully saturated rings. The van der Waals surface area contributed by atoms with E-state index in [-0.39, 0.29) is 17.8 Å². The van der Waals surface area contributed by atoms with Crippen LogP contribution >= 0.6 is 0 Å². The van der Waals surface area contributed by atoms with Gasteiger partial charge in [-0.15, -0.1) is 0 Å². The van der Waals surface area contributed by atoms with Gasteiger partial charge in [-0.2, -0.15) is 5.10 Å². The standard InChI is InChI=1S/C25H31FN4O3/c1-4-28-11-13-29(14-12-28)17-25(31)30-23(18-5-7-19(26)8-6-18)16-22(27-30)21-10-9-20(32-2)15-24(21)33-3/h5-10,15,23H,4,11-14,16-17H2,1-3H3/t23-/m0/s1. The number of piperazine rings is 1. The Kier molecular flexibility index (Phi) is 7.25. The zero-order valence-corrected chi connectivity index (χ0v) is 19.5. The van der Waals surface area contributed by atoms with E-state index in [9.17, 15) is 9.18 Å². The number of methoxy groups -OCH3 is 2. The summed E-state index contributed by atoms with van der Waals surface area (Å²) in [5.74, 6) is 0.956. The van der Waals surface area contributed by atoms with Gasteiger partial charge in [-0.05, 0) is 36.4 Å². The molecule has 1 amide bonds. The van der Waals surface area contributed by atoms with Crippen LogP contribution in [0.2, 0.25) is 0 Å². The number of hydrogen-bond acceptors (Lipinski definition) is 6. The van der Waals surface area contributed by atoms with Crippen LogP contribution in [0, 0.1) is 5.82 Å². The second-order valence-corrected chi connectivity index (χ2v) is 8.33. The van der Waals surface area contributed by atoms with E-state index in [4.69, 9.17) is 14.6 Å². The van der Waals surface area contributed by atoms with E-state index < -0.39 is 0 Å². The number of carbonyl (C=O) groups is 1. The summed E-state index contributed by atoms with van der Waals surface area (Å²) in [6.45, 7) is 7.13. The van der Waals surface area contributed by atoms with E-state index in [0.717, 1.165) is 49.6 Å². The van der Waals surface area contributed by atoms with E-state index in [1.807, 2.05) is 18.2 Å². The molecular formula is C25H31FN4O3. The molecule has 2 aliphatic rings. The molecule has 2 aromatic carbocycles. The van der Waals surface area contributed by atoms with Crippen LogP contribution in [0.25, 0.3) is 0 Å². The second-order valence-electron chi connectivity index (χ2n) is 8.33. The van der Waals surface area contributed by atoms with Crippen LogP contribution < -0.4 is 9.47 Å². The van der Waals surface area contributed by atoms with Gasteiger partial charge in [0.05, 0.1) is 32.5 Å². The van der Waals surface area contributed by atoms with Gasteiger partial charge in [0, 0.05) is 44.2 Å². The highest BCUT2D eigenvalue weighted by Gasteiger charge is 2.35. The van der Waals surface area contributed by atoms with Gasteiger partial charge in [-0.3, -0.25) is 9.69 Å². The predicted molar refractivity (Wildman–Crippen MR) is 125 cm³/mol. The Morgan fingerprint density at radius 1 is 1.03 bits per heavy atom. The highest BCUT2D eigenvalue weighted by atomic mass is 19.1. The van der Waals surface area contributed by atoms with Crippen molar-refractivity contribution in [2.75, 3.05) is 53.5 Å². The SMILES string of the molecule is CCN1CCN(CC(=O)N2N=C(c3ccc(OC)cc3OC)C[C@H]2c2ccc(F)cc2)CC1. The fraction of sp³-hybridized carbons (Fsp3) is 0.440. The third-order valence-electron chi connectivity index (χ3n) is 6.41. The Balaban J connectivity index is 1.60. The third kappa shape index (κ3) is 5.17. The highest BCUT2D eigenvalue weighted by molar-refractivity contribution is 6.05. The van der Waals surface area contributed by atoms with Gasteiger partial charge in [-0.25, -0.2) is 9.40 Å². The van der Waals surface area contributed by atoms with E-state index in [1.165, 1.54) is 12.1 Å². The molecule has 176 valence electrons. The molecule has 8 heteroatoms. The molecule has 0 bridgehead atoms. The van der Waals surface area contributed by atoms with Gasteiger partial charge in [0.15, 0.2) is 0 Å². The van der Waals surface area contributed by atoms with E-state index in [1.54, 1.807) is 31.4 Å². The number of hydrazone groups is 1. The molecule has 2 aliphatic heterocycles. The average molecular weight is 455 g/mol. The molecule has 33 heavy (non-hydrogen) atoms. The summed E-state index contributed by atoms with van der Waals surface area (Å²) in [7, 11) is 3.21.